The molecule has 0 aromatic carbocycles. The second kappa shape index (κ2) is 3.22. The molecule has 0 bridgehead atoms. The summed E-state index contributed by atoms with van der Waals surface area (Å²) in [5, 5.41) is 0. The number of halogens is 2. The minimum Gasteiger partial charge on any atom is -0.226 e. The summed E-state index contributed by atoms with van der Waals surface area (Å²) in [4.78, 5) is 0. The Balaban J connectivity index is 4.17. The third-order valence-electron chi connectivity index (χ3n) is 0.674. The Bertz CT molecular complexity index is 151. The fourth-order valence-corrected chi connectivity index (χ4v) is 1.83. The SMILES string of the molecule is CCS(=O)(=O)C(Cl)I. The van der Waals surface area contributed by atoms with E-state index in [4.69, 9.17) is 11.6 Å². The lowest BCUT2D eigenvalue weighted by Gasteiger charge is -1.97. The average Bonchev–Trinajstić information content (AvgIpc) is 1.67. The van der Waals surface area contributed by atoms with E-state index in [1.807, 2.05) is 0 Å². The summed E-state index contributed by atoms with van der Waals surface area (Å²) >= 11 is 6.93. The van der Waals surface area contributed by atoms with Crippen molar-refractivity contribution in [3.05, 3.63) is 0 Å². The van der Waals surface area contributed by atoms with E-state index < -0.39 is 12.6 Å². The lowest BCUT2D eigenvalue weighted by atomic mass is 11.0. The normalized spacial score (nSPS) is 15.9. The molecule has 1 atom stereocenters. The molecule has 0 N–H and O–H groups in total. The highest BCUT2D eigenvalue weighted by atomic mass is 127. The number of sulfone groups is 1. The van der Waals surface area contributed by atoms with Gasteiger partial charge in [0.05, 0.1) is 0 Å². The van der Waals surface area contributed by atoms with Crippen molar-refractivity contribution in [2.45, 2.75) is 9.64 Å². The molecule has 1 unspecified atom stereocenters. The van der Waals surface area contributed by atoms with Gasteiger partial charge in [-0.1, -0.05) is 18.5 Å². The van der Waals surface area contributed by atoms with Crippen LogP contribution in [0.3, 0.4) is 0 Å². The first-order valence-electron chi connectivity index (χ1n) is 2.00. The van der Waals surface area contributed by atoms with Crippen LogP contribution in [-0.2, 0) is 9.84 Å². The predicted molar refractivity (Wildman–Crippen MR) is 43.1 cm³/mol. The summed E-state index contributed by atoms with van der Waals surface area (Å²) in [5.74, 6) is 0.115. The number of alkyl halides is 2. The molecule has 0 aliphatic carbocycles. The third-order valence-corrected chi connectivity index (χ3v) is 5.16. The molecule has 5 heteroatoms. The Morgan fingerprint density at radius 3 is 2.12 bits per heavy atom. The fourth-order valence-electron chi connectivity index (χ4n) is 0.126. The van der Waals surface area contributed by atoms with Crippen molar-refractivity contribution in [3.8, 4) is 0 Å². The van der Waals surface area contributed by atoms with Crippen molar-refractivity contribution < 1.29 is 8.42 Å². The summed E-state index contributed by atoms with van der Waals surface area (Å²) in [5.41, 5.74) is 0. The molecule has 0 saturated heterocycles. The Kier molecular flexibility index (Phi) is 3.61. The summed E-state index contributed by atoms with van der Waals surface area (Å²) in [6, 6.07) is 0. The number of hydrogen-bond donors (Lipinski definition) is 0. The zero-order valence-corrected chi connectivity index (χ0v) is 8.00. The maximum absolute atomic E-state index is 10.6. The average molecular weight is 269 g/mol. The van der Waals surface area contributed by atoms with E-state index in [-0.39, 0.29) is 5.75 Å². The van der Waals surface area contributed by atoms with Crippen LogP contribution in [0.15, 0.2) is 0 Å². The van der Waals surface area contributed by atoms with Gasteiger partial charge in [0, 0.05) is 5.75 Å². The van der Waals surface area contributed by atoms with E-state index >= 15 is 0 Å². The molecular formula is C3H6ClIO2S. The summed E-state index contributed by atoms with van der Waals surface area (Å²) < 4.78 is 20.3. The van der Waals surface area contributed by atoms with Gasteiger partial charge in [0.2, 0.25) is 0 Å². The molecule has 0 radical (unpaired) electrons. The Morgan fingerprint density at radius 1 is 1.75 bits per heavy atom. The topological polar surface area (TPSA) is 34.1 Å². The first-order chi connectivity index (χ1) is 3.50. The van der Waals surface area contributed by atoms with E-state index in [0.29, 0.717) is 0 Å². The van der Waals surface area contributed by atoms with Gasteiger partial charge in [-0.05, 0) is 22.6 Å². The van der Waals surface area contributed by atoms with Crippen LogP contribution in [0.4, 0.5) is 0 Å². The predicted octanol–water partition coefficient (Wildman–Crippen LogP) is 1.38. The highest BCUT2D eigenvalue weighted by Crippen LogP contribution is 2.14. The summed E-state index contributed by atoms with van der Waals surface area (Å²) in [6.07, 6.45) is 0. The Hall–Kier alpha value is 0.970. The lowest BCUT2D eigenvalue weighted by molar-refractivity contribution is 0.601. The first kappa shape index (κ1) is 8.97. The van der Waals surface area contributed by atoms with E-state index in [2.05, 4.69) is 0 Å². The molecule has 2 nitrogen and oxygen atoms in total. The maximum atomic E-state index is 10.6. The van der Waals surface area contributed by atoms with Gasteiger partial charge in [0.25, 0.3) is 0 Å². The van der Waals surface area contributed by atoms with Crippen LogP contribution in [0.25, 0.3) is 0 Å². The van der Waals surface area contributed by atoms with Gasteiger partial charge in [-0.2, -0.15) is 0 Å². The molecule has 50 valence electrons. The number of hydrogen-bond acceptors (Lipinski definition) is 2. The van der Waals surface area contributed by atoms with Gasteiger partial charge in [0.1, 0.15) is 0 Å². The van der Waals surface area contributed by atoms with Crippen LogP contribution in [0, 0.1) is 0 Å². The monoisotopic (exact) mass is 268 g/mol. The van der Waals surface area contributed by atoms with Crippen LogP contribution < -0.4 is 0 Å². The minimum absolute atomic E-state index is 0.115. The summed E-state index contributed by atoms with van der Waals surface area (Å²) in [6.45, 7) is 1.57. The fraction of sp³-hybridized carbons (Fsp3) is 1.00. The third kappa shape index (κ3) is 2.50. The largest absolute Gasteiger partial charge is 0.226 e. The minimum atomic E-state index is -2.98. The van der Waals surface area contributed by atoms with Crippen LogP contribution in [0.5, 0.6) is 0 Å². The maximum Gasteiger partial charge on any atom is 0.185 e. The molecule has 0 rings (SSSR count). The van der Waals surface area contributed by atoms with Gasteiger partial charge >= 0.3 is 0 Å². The second-order valence-corrected chi connectivity index (χ2v) is 7.11. The number of rotatable bonds is 2. The zero-order valence-electron chi connectivity index (χ0n) is 4.27. The molecule has 0 fully saturated rings. The van der Waals surface area contributed by atoms with E-state index in [1.165, 1.54) is 0 Å². The second-order valence-electron chi connectivity index (χ2n) is 1.21. The summed E-state index contributed by atoms with van der Waals surface area (Å²) in [7, 11) is -2.98. The van der Waals surface area contributed by atoms with Gasteiger partial charge in [-0.25, -0.2) is 8.42 Å². The van der Waals surface area contributed by atoms with Crippen molar-refractivity contribution in [1.29, 1.82) is 0 Å². The van der Waals surface area contributed by atoms with Crippen molar-refractivity contribution in [1.82, 2.24) is 0 Å². The quantitative estimate of drug-likeness (QED) is 0.560. The van der Waals surface area contributed by atoms with Crippen molar-refractivity contribution in [2.24, 2.45) is 0 Å². The van der Waals surface area contributed by atoms with Gasteiger partial charge < -0.3 is 0 Å². The standard InChI is InChI=1S/C3H6ClIO2S/c1-2-8(6,7)3(4)5/h3H,2H2,1H3. The molecule has 0 aromatic rings. The molecule has 0 spiro atoms. The smallest absolute Gasteiger partial charge is 0.185 e. The molecule has 0 amide bonds. The van der Waals surface area contributed by atoms with Gasteiger partial charge in [-0.3, -0.25) is 0 Å². The Morgan fingerprint density at radius 2 is 2.12 bits per heavy atom. The Labute approximate surface area is 67.7 Å². The molecular weight excluding hydrogens is 262 g/mol. The zero-order chi connectivity index (χ0) is 6.78. The molecule has 0 aliphatic rings. The first-order valence-corrected chi connectivity index (χ1v) is 5.40. The van der Waals surface area contributed by atoms with E-state index in [9.17, 15) is 8.42 Å². The van der Waals surface area contributed by atoms with Crippen LogP contribution in [-0.4, -0.2) is 16.9 Å². The highest BCUT2D eigenvalue weighted by molar-refractivity contribution is 14.1. The van der Waals surface area contributed by atoms with Crippen LogP contribution >= 0.6 is 34.2 Å². The lowest BCUT2D eigenvalue weighted by Crippen LogP contribution is -2.10. The van der Waals surface area contributed by atoms with Crippen molar-refractivity contribution in [3.63, 3.8) is 0 Å². The van der Waals surface area contributed by atoms with Crippen molar-refractivity contribution in [2.75, 3.05) is 5.75 Å². The molecule has 0 heterocycles. The molecule has 0 aliphatic heterocycles. The van der Waals surface area contributed by atoms with E-state index in [0.717, 1.165) is 0 Å². The van der Waals surface area contributed by atoms with Gasteiger partial charge in [-0.15, -0.1) is 0 Å². The molecule has 0 aromatic heterocycles. The van der Waals surface area contributed by atoms with E-state index in [1.54, 1.807) is 29.5 Å². The molecule has 0 saturated carbocycles. The highest BCUT2D eigenvalue weighted by Gasteiger charge is 2.15. The van der Waals surface area contributed by atoms with Crippen LogP contribution in [0.1, 0.15) is 6.92 Å². The van der Waals surface area contributed by atoms with Crippen LogP contribution in [0.2, 0.25) is 0 Å². The van der Waals surface area contributed by atoms with Gasteiger partial charge in [0.15, 0.2) is 12.6 Å². The molecule has 8 heavy (non-hydrogen) atoms. The van der Waals surface area contributed by atoms with Crippen molar-refractivity contribution >= 4 is 44.0 Å².